The molecule has 0 aromatic heterocycles. The molecule has 7 heavy (non-hydrogen) atoms. The van der Waals surface area contributed by atoms with Gasteiger partial charge in [-0.2, -0.15) is 0 Å². The third-order valence-corrected chi connectivity index (χ3v) is 0.597. The van der Waals surface area contributed by atoms with Crippen molar-refractivity contribution in [1.82, 2.24) is 0 Å². The zero-order valence-corrected chi connectivity index (χ0v) is 5.24. The number of halogens is 1. The van der Waals surface area contributed by atoms with Crippen LogP contribution in [0.3, 0.4) is 0 Å². The van der Waals surface area contributed by atoms with Gasteiger partial charge in [-0.3, -0.25) is 0 Å². The van der Waals surface area contributed by atoms with Crippen LogP contribution in [0.2, 0.25) is 0 Å². The summed E-state index contributed by atoms with van der Waals surface area (Å²) in [6.07, 6.45) is 1.15. The second-order valence-electron chi connectivity index (χ2n) is 1.49. The van der Waals surface area contributed by atoms with Gasteiger partial charge in [0.05, 0.1) is 6.10 Å². The van der Waals surface area contributed by atoms with Crippen LogP contribution in [0.25, 0.3) is 0 Å². The summed E-state index contributed by atoms with van der Waals surface area (Å²) in [7, 11) is 0. The quantitative estimate of drug-likeness (QED) is 0.556. The molecule has 1 nitrogen and oxygen atoms in total. The Hall–Kier alpha value is -0.0100. The molecule has 0 bridgehead atoms. The second kappa shape index (κ2) is 3.05. The Bertz CT molecular complexity index is 72.1. The third-order valence-electron chi connectivity index (χ3n) is 0.471. The van der Waals surface area contributed by atoms with Gasteiger partial charge in [0.2, 0.25) is 0 Å². The summed E-state index contributed by atoms with van der Waals surface area (Å²) in [5, 5.41) is 9.20. The van der Waals surface area contributed by atoms with Gasteiger partial charge in [-0.05, 0) is 19.9 Å². The lowest BCUT2D eigenvalue weighted by Gasteiger charge is -1.91. The van der Waals surface area contributed by atoms with Crippen molar-refractivity contribution in [2.75, 3.05) is 0 Å². The zero-order chi connectivity index (χ0) is 5.86. The second-order valence-corrected chi connectivity index (χ2v) is 2.09. The van der Waals surface area contributed by atoms with E-state index < -0.39 is 6.10 Å². The molecule has 0 spiro atoms. The maximum atomic E-state index is 8.56. The SMILES string of the molecule is C/C(Cl)=C/C(C)O. The topological polar surface area (TPSA) is 20.2 Å². The van der Waals surface area contributed by atoms with Crippen LogP contribution < -0.4 is 0 Å². The number of aliphatic hydroxyl groups excluding tert-OH is 1. The Morgan fingerprint density at radius 3 is 2.29 bits per heavy atom. The van der Waals surface area contributed by atoms with E-state index >= 15 is 0 Å². The van der Waals surface area contributed by atoms with Crippen molar-refractivity contribution in [1.29, 1.82) is 0 Å². The number of aliphatic hydroxyl groups is 1. The van der Waals surface area contributed by atoms with Crippen LogP contribution in [0.4, 0.5) is 0 Å². The first-order valence-corrected chi connectivity index (χ1v) is 2.52. The minimum Gasteiger partial charge on any atom is -0.389 e. The molecule has 0 aromatic rings. The van der Waals surface area contributed by atoms with Gasteiger partial charge in [-0.15, -0.1) is 0 Å². The van der Waals surface area contributed by atoms with Crippen LogP contribution >= 0.6 is 11.6 Å². The standard InChI is InChI=1S/C5H9ClO/c1-4(6)3-5(2)7/h3,5,7H,1-2H3/b4-3-. The number of allylic oxidation sites excluding steroid dienone is 1. The highest BCUT2D eigenvalue weighted by Crippen LogP contribution is 1.98. The maximum absolute atomic E-state index is 8.56. The fourth-order valence-corrected chi connectivity index (χ4v) is 0.515. The number of hydrogen-bond donors (Lipinski definition) is 1. The van der Waals surface area contributed by atoms with Crippen molar-refractivity contribution in [2.45, 2.75) is 20.0 Å². The summed E-state index contributed by atoms with van der Waals surface area (Å²) in [6.45, 7) is 3.39. The van der Waals surface area contributed by atoms with Gasteiger partial charge in [-0.1, -0.05) is 11.6 Å². The van der Waals surface area contributed by atoms with E-state index in [0.29, 0.717) is 5.03 Å². The Morgan fingerprint density at radius 2 is 2.29 bits per heavy atom. The lowest BCUT2D eigenvalue weighted by atomic mass is 10.4. The van der Waals surface area contributed by atoms with Crippen LogP contribution in [0.1, 0.15) is 13.8 Å². The minimum atomic E-state index is -0.419. The molecular formula is C5H9ClO. The van der Waals surface area contributed by atoms with Crippen LogP contribution in [-0.4, -0.2) is 11.2 Å². The molecule has 0 heterocycles. The minimum absolute atomic E-state index is 0.419. The summed E-state index contributed by atoms with van der Waals surface area (Å²) in [4.78, 5) is 0. The predicted octanol–water partition coefficient (Wildman–Crippen LogP) is 1.51. The molecule has 1 N–H and O–H groups in total. The fraction of sp³-hybridized carbons (Fsp3) is 0.600. The van der Waals surface area contributed by atoms with Gasteiger partial charge in [0, 0.05) is 5.03 Å². The summed E-state index contributed by atoms with van der Waals surface area (Å²) in [6, 6.07) is 0. The van der Waals surface area contributed by atoms with Crippen LogP contribution in [0.15, 0.2) is 11.1 Å². The van der Waals surface area contributed by atoms with Gasteiger partial charge < -0.3 is 5.11 Å². The van der Waals surface area contributed by atoms with Crippen molar-refractivity contribution >= 4 is 11.6 Å². The zero-order valence-electron chi connectivity index (χ0n) is 4.48. The fourth-order valence-electron chi connectivity index (χ4n) is 0.332. The molecule has 0 radical (unpaired) electrons. The van der Waals surface area contributed by atoms with Crippen LogP contribution in [0, 0.1) is 0 Å². The normalized spacial score (nSPS) is 16.9. The Morgan fingerprint density at radius 1 is 1.86 bits per heavy atom. The highest BCUT2D eigenvalue weighted by atomic mass is 35.5. The first kappa shape index (κ1) is 6.99. The lowest BCUT2D eigenvalue weighted by molar-refractivity contribution is 0.243. The van der Waals surface area contributed by atoms with E-state index in [1.807, 2.05) is 0 Å². The average Bonchev–Trinajstić information content (AvgIpc) is 1.27. The van der Waals surface area contributed by atoms with Gasteiger partial charge in [-0.25, -0.2) is 0 Å². The molecule has 0 saturated carbocycles. The van der Waals surface area contributed by atoms with Crippen molar-refractivity contribution < 1.29 is 5.11 Å². The molecule has 42 valence electrons. The Labute approximate surface area is 48.6 Å². The molecule has 1 unspecified atom stereocenters. The number of rotatable bonds is 1. The van der Waals surface area contributed by atoms with Crippen molar-refractivity contribution in [2.24, 2.45) is 0 Å². The largest absolute Gasteiger partial charge is 0.389 e. The predicted molar refractivity (Wildman–Crippen MR) is 31.3 cm³/mol. The molecule has 0 aliphatic heterocycles. The first-order valence-electron chi connectivity index (χ1n) is 2.15. The summed E-state index contributed by atoms with van der Waals surface area (Å²) in [5.74, 6) is 0. The third kappa shape index (κ3) is 5.99. The van der Waals surface area contributed by atoms with E-state index in [9.17, 15) is 0 Å². The van der Waals surface area contributed by atoms with Crippen molar-refractivity contribution in [3.63, 3.8) is 0 Å². The molecule has 0 amide bonds. The summed E-state index contributed by atoms with van der Waals surface area (Å²) < 4.78 is 0. The first-order chi connectivity index (χ1) is 3.13. The smallest absolute Gasteiger partial charge is 0.0706 e. The van der Waals surface area contributed by atoms with Gasteiger partial charge in [0.1, 0.15) is 0 Å². The van der Waals surface area contributed by atoms with Crippen LogP contribution in [0.5, 0.6) is 0 Å². The molecule has 0 rings (SSSR count). The molecule has 0 fully saturated rings. The molecule has 0 aromatic carbocycles. The summed E-state index contributed by atoms with van der Waals surface area (Å²) in [5.41, 5.74) is 0. The summed E-state index contributed by atoms with van der Waals surface area (Å²) >= 11 is 5.37. The van der Waals surface area contributed by atoms with E-state index in [1.54, 1.807) is 19.9 Å². The number of hydrogen-bond acceptors (Lipinski definition) is 1. The van der Waals surface area contributed by atoms with E-state index in [-0.39, 0.29) is 0 Å². The highest BCUT2D eigenvalue weighted by Gasteiger charge is 1.85. The maximum Gasteiger partial charge on any atom is 0.0706 e. The molecule has 1 atom stereocenters. The van der Waals surface area contributed by atoms with Crippen molar-refractivity contribution in [3.05, 3.63) is 11.1 Å². The Kier molecular flexibility index (Phi) is 3.05. The highest BCUT2D eigenvalue weighted by molar-refractivity contribution is 6.29. The molecule has 0 aliphatic carbocycles. The van der Waals surface area contributed by atoms with Gasteiger partial charge in [0.15, 0.2) is 0 Å². The van der Waals surface area contributed by atoms with Crippen LogP contribution in [-0.2, 0) is 0 Å². The lowest BCUT2D eigenvalue weighted by Crippen LogP contribution is -1.91. The molecule has 2 heteroatoms. The molecule has 0 aliphatic rings. The van der Waals surface area contributed by atoms with E-state index in [0.717, 1.165) is 0 Å². The van der Waals surface area contributed by atoms with Gasteiger partial charge >= 0.3 is 0 Å². The van der Waals surface area contributed by atoms with E-state index in [2.05, 4.69) is 0 Å². The van der Waals surface area contributed by atoms with Gasteiger partial charge in [0.25, 0.3) is 0 Å². The average molecular weight is 121 g/mol. The van der Waals surface area contributed by atoms with E-state index in [1.165, 1.54) is 0 Å². The van der Waals surface area contributed by atoms with Crippen molar-refractivity contribution in [3.8, 4) is 0 Å². The molecular weight excluding hydrogens is 112 g/mol. The van der Waals surface area contributed by atoms with E-state index in [4.69, 9.17) is 16.7 Å². The Balaban J connectivity index is 3.45. The monoisotopic (exact) mass is 120 g/mol. The molecule has 0 saturated heterocycles.